The molecule has 0 fully saturated rings. The minimum absolute atomic E-state index is 0.0609. The maximum Gasteiger partial charge on any atom is 0.267 e. The second kappa shape index (κ2) is 7.74. The zero-order chi connectivity index (χ0) is 17.5. The van der Waals surface area contributed by atoms with Gasteiger partial charge in [-0.25, -0.2) is 8.78 Å². The largest absolute Gasteiger partial charge is 0.495 e. The second-order valence-corrected chi connectivity index (χ2v) is 4.59. The normalized spacial score (nSPS) is 10.7. The minimum atomic E-state index is -0.839. The molecule has 0 radical (unpaired) electrons. The topological polar surface area (TPSA) is 74.1 Å². The highest BCUT2D eigenvalue weighted by molar-refractivity contribution is 6.07. The lowest BCUT2D eigenvalue weighted by molar-refractivity contribution is -0.112. The fourth-order valence-corrected chi connectivity index (χ4v) is 1.84. The van der Waals surface area contributed by atoms with Crippen LogP contribution in [0.3, 0.4) is 0 Å². The molecule has 0 saturated carbocycles. The number of amides is 1. The molecule has 0 aromatic heterocycles. The van der Waals surface area contributed by atoms with Crippen molar-refractivity contribution in [2.75, 3.05) is 17.7 Å². The number of ether oxygens (including phenoxy) is 1. The fourth-order valence-electron chi connectivity index (χ4n) is 1.84. The van der Waals surface area contributed by atoms with Gasteiger partial charge in [-0.15, -0.1) is 0 Å². The lowest BCUT2D eigenvalue weighted by atomic mass is 10.2. The summed E-state index contributed by atoms with van der Waals surface area (Å²) in [6, 6.07) is 11.3. The molecule has 24 heavy (non-hydrogen) atoms. The molecule has 0 aliphatic heterocycles. The van der Waals surface area contributed by atoms with Crippen molar-refractivity contribution in [3.63, 3.8) is 0 Å². The summed E-state index contributed by atoms with van der Waals surface area (Å²) in [5.74, 6) is -1.83. The number of para-hydroxylation sites is 2. The number of methoxy groups -OCH3 is 1. The van der Waals surface area contributed by atoms with Gasteiger partial charge in [0.25, 0.3) is 5.91 Å². The predicted molar refractivity (Wildman–Crippen MR) is 85.3 cm³/mol. The summed E-state index contributed by atoms with van der Waals surface area (Å²) >= 11 is 0. The maximum absolute atomic E-state index is 13.5. The predicted octanol–water partition coefficient (Wildman–Crippen LogP) is 3.43. The Hall–Kier alpha value is -3.40. The Bertz CT molecular complexity index is 829. The van der Waals surface area contributed by atoms with Gasteiger partial charge in [-0.3, -0.25) is 4.79 Å². The van der Waals surface area contributed by atoms with Gasteiger partial charge in [-0.1, -0.05) is 12.1 Å². The number of nitrogens with zero attached hydrogens (tertiary/aromatic N) is 1. The summed E-state index contributed by atoms with van der Waals surface area (Å²) in [7, 11) is 1.45. The molecule has 0 aliphatic carbocycles. The molecular formula is C17H13F2N3O2. The Kier molecular flexibility index (Phi) is 5.47. The first-order valence-electron chi connectivity index (χ1n) is 6.81. The van der Waals surface area contributed by atoms with E-state index in [1.54, 1.807) is 30.3 Å². The zero-order valence-corrected chi connectivity index (χ0v) is 12.6. The van der Waals surface area contributed by atoms with E-state index in [0.717, 1.165) is 18.3 Å². The molecular weight excluding hydrogens is 316 g/mol. The molecule has 0 unspecified atom stereocenters. The summed E-state index contributed by atoms with van der Waals surface area (Å²) in [4.78, 5) is 12.1. The fraction of sp³-hybridized carbons (Fsp3) is 0.0588. The Morgan fingerprint density at radius 2 is 1.96 bits per heavy atom. The summed E-state index contributed by atoms with van der Waals surface area (Å²) in [5, 5.41) is 14.1. The van der Waals surface area contributed by atoms with Gasteiger partial charge in [0.2, 0.25) is 0 Å². The molecule has 7 heteroatoms. The van der Waals surface area contributed by atoms with Crippen LogP contribution in [0.5, 0.6) is 5.75 Å². The van der Waals surface area contributed by atoms with Gasteiger partial charge in [-0.2, -0.15) is 5.26 Å². The molecule has 1 amide bonds. The monoisotopic (exact) mass is 329 g/mol. The highest BCUT2D eigenvalue weighted by atomic mass is 19.1. The van der Waals surface area contributed by atoms with Gasteiger partial charge < -0.3 is 15.4 Å². The van der Waals surface area contributed by atoms with Crippen LogP contribution in [0.2, 0.25) is 0 Å². The van der Waals surface area contributed by atoms with Crippen LogP contribution in [0, 0.1) is 23.0 Å². The van der Waals surface area contributed by atoms with E-state index < -0.39 is 17.5 Å². The molecule has 5 nitrogen and oxygen atoms in total. The Balaban J connectivity index is 2.15. The maximum atomic E-state index is 13.5. The van der Waals surface area contributed by atoms with Crippen LogP contribution in [0.1, 0.15) is 0 Å². The minimum Gasteiger partial charge on any atom is -0.495 e. The first kappa shape index (κ1) is 17.0. The van der Waals surface area contributed by atoms with Crippen molar-refractivity contribution in [2.24, 2.45) is 0 Å². The third-order valence-electron chi connectivity index (χ3n) is 3.02. The van der Waals surface area contributed by atoms with Crippen molar-refractivity contribution in [3.8, 4) is 11.8 Å². The Labute approximate surface area is 137 Å². The molecule has 122 valence electrons. The molecule has 2 N–H and O–H groups in total. The van der Waals surface area contributed by atoms with E-state index in [1.807, 2.05) is 0 Å². The number of halogens is 2. The number of carbonyl (C=O) groups is 1. The molecule has 0 heterocycles. The average Bonchev–Trinajstić information content (AvgIpc) is 2.57. The van der Waals surface area contributed by atoms with Crippen LogP contribution >= 0.6 is 0 Å². The van der Waals surface area contributed by atoms with E-state index >= 15 is 0 Å². The van der Waals surface area contributed by atoms with Gasteiger partial charge in [0.1, 0.15) is 29.0 Å². The van der Waals surface area contributed by atoms with Gasteiger partial charge in [-0.05, 0) is 24.3 Å². The van der Waals surface area contributed by atoms with Crippen LogP contribution in [0.15, 0.2) is 54.2 Å². The number of benzene rings is 2. The lowest BCUT2D eigenvalue weighted by Crippen LogP contribution is -2.15. The van der Waals surface area contributed by atoms with Crippen molar-refractivity contribution in [2.45, 2.75) is 0 Å². The van der Waals surface area contributed by atoms with E-state index in [9.17, 15) is 13.6 Å². The SMILES string of the molecule is COc1ccccc1NC(=O)/C(C#N)=C\Nc1ccc(F)cc1F. The van der Waals surface area contributed by atoms with Gasteiger partial charge in [0.15, 0.2) is 0 Å². The first-order chi connectivity index (χ1) is 11.5. The molecule has 0 bridgehead atoms. The van der Waals surface area contributed by atoms with Crippen LogP contribution in [-0.2, 0) is 4.79 Å². The third-order valence-corrected chi connectivity index (χ3v) is 3.02. The third kappa shape index (κ3) is 4.08. The molecule has 0 aliphatic rings. The van der Waals surface area contributed by atoms with E-state index in [0.29, 0.717) is 17.5 Å². The summed E-state index contributed by atoms with van der Waals surface area (Å²) in [5.41, 5.74) is 0.0398. The molecule has 0 spiro atoms. The van der Waals surface area contributed by atoms with Gasteiger partial charge in [0.05, 0.1) is 18.5 Å². The van der Waals surface area contributed by atoms with Gasteiger partial charge in [0, 0.05) is 12.3 Å². The number of nitrogens with one attached hydrogen (secondary N) is 2. The number of nitriles is 1. The standard InChI is InChI=1S/C17H13F2N3O2/c1-24-16-5-3-2-4-15(16)22-17(23)11(9-20)10-21-14-7-6-12(18)8-13(14)19/h2-8,10,21H,1H3,(H,22,23)/b11-10-. The second-order valence-electron chi connectivity index (χ2n) is 4.59. The number of rotatable bonds is 5. The summed E-state index contributed by atoms with van der Waals surface area (Å²) in [6.45, 7) is 0. The van der Waals surface area contributed by atoms with Crippen molar-refractivity contribution in [3.05, 3.63) is 65.9 Å². The highest BCUT2D eigenvalue weighted by Gasteiger charge is 2.12. The number of hydrogen-bond acceptors (Lipinski definition) is 4. The summed E-state index contributed by atoms with van der Waals surface area (Å²) in [6.07, 6.45) is 1.04. The van der Waals surface area contributed by atoms with Crippen LogP contribution in [-0.4, -0.2) is 13.0 Å². The average molecular weight is 329 g/mol. The van der Waals surface area contributed by atoms with E-state index in [-0.39, 0.29) is 11.3 Å². The zero-order valence-electron chi connectivity index (χ0n) is 12.6. The van der Waals surface area contributed by atoms with E-state index in [2.05, 4.69) is 10.6 Å². The Morgan fingerprint density at radius 3 is 2.62 bits per heavy atom. The molecule has 2 aromatic rings. The van der Waals surface area contributed by atoms with E-state index in [4.69, 9.17) is 10.00 Å². The molecule has 0 atom stereocenters. The Morgan fingerprint density at radius 1 is 1.21 bits per heavy atom. The molecule has 2 aromatic carbocycles. The van der Waals surface area contributed by atoms with Crippen molar-refractivity contribution >= 4 is 17.3 Å². The smallest absolute Gasteiger partial charge is 0.267 e. The number of anilines is 2. The molecule has 0 saturated heterocycles. The number of carbonyl (C=O) groups excluding carboxylic acids is 1. The lowest BCUT2D eigenvalue weighted by Gasteiger charge is -2.09. The van der Waals surface area contributed by atoms with E-state index in [1.165, 1.54) is 7.11 Å². The van der Waals surface area contributed by atoms with Crippen molar-refractivity contribution < 1.29 is 18.3 Å². The highest BCUT2D eigenvalue weighted by Crippen LogP contribution is 2.23. The van der Waals surface area contributed by atoms with Crippen molar-refractivity contribution in [1.29, 1.82) is 5.26 Å². The summed E-state index contributed by atoms with van der Waals surface area (Å²) < 4.78 is 31.5. The first-order valence-corrected chi connectivity index (χ1v) is 6.81. The van der Waals surface area contributed by atoms with Crippen LogP contribution in [0.25, 0.3) is 0 Å². The van der Waals surface area contributed by atoms with Crippen LogP contribution < -0.4 is 15.4 Å². The molecule has 2 rings (SSSR count). The quantitative estimate of drug-likeness (QED) is 0.651. The van der Waals surface area contributed by atoms with Crippen LogP contribution in [0.4, 0.5) is 20.2 Å². The van der Waals surface area contributed by atoms with Crippen molar-refractivity contribution in [1.82, 2.24) is 0 Å². The van der Waals surface area contributed by atoms with Gasteiger partial charge >= 0.3 is 0 Å². The number of hydrogen-bond donors (Lipinski definition) is 2.